The second kappa shape index (κ2) is 5.09. The molecule has 82 valence electrons. The van der Waals surface area contributed by atoms with Crippen molar-refractivity contribution in [2.24, 2.45) is 0 Å². The molecule has 15 heavy (non-hydrogen) atoms. The van der Waals surface area contributed by atoms with E-state index >= 15 is 0 Å². The maximum absolute atomic E-state index is 11.7. The molecule has 2 rings (SSSR count). The molecule has 0 aliphatic carbocycles. The zero-order chi connectivity index (χ0) is 10.5. The van der Waals surface area contributed by atoms with E-state index in [0.717, 1.165) is 32.8 Å². The molecular weight excluding hydrogens is 192 g/mol. The highest BCUT2D eigenvalue weighted by atomic mass is 16.5. The van der Waals surface area contributed by atoms with E-state index in [-0.39, 0.29) is 5.78 Å². The Kier molecular flexibility index (Phi) is 3.53. The molecule has 1 saturated heterocycles. The third-order valence-electron chi connectivity index (χ3n) is 2.66. The van der Waals surface area contributed by atoms with E-state index in [1.807, 2.05) is 12.1 Å². The number of hydrogen-bond donors (Lipinski definition) is 1. The van der Waals surface area contributed by atoms with Gasteiger partial charge < -0.3 is 9.72 Å². The highest BCUT2D eigenvalue weighted by molar-refractivity contribution is 5.94. The van der Waals surface area contributed by atoms with Crippen molar-refractivity contribution in [3.63, 3.8) is 0 Å². The second-order valence-corrected chi connectivity index (χ2v) is 3.71. The molecule has 0 radical (unpaired) electrons. The first-order valence-corrected chi connectivity index (χ1v) is 5.33. The van der Waals surface area contributed by atoms with Crippen LogP contribution >= 0.6 is 0 Å². The van der Waals surface area contributed by atoms with E-state index in [9.17, 15) is 4.79 Å². The predicted octanol–water partition coefficient (Wildman–Crippen LogP) is 0.920. The zero-order valence-electron chi connectivity index (χ0n) is 8.74. The third kappa shape index (κ3) is 2.91. The standard InChI is InChI=1S/C11H16N2O2/c14-11(10-2-1-4-12-10)3-5-13-6-8-15-9-7-13/h1-2,4,12H,3,5-9H2. The number of carbonyl (C=O) groups is 1. The Morgan fingerprint density at radius 2 is 2.27 bits per heavy atom. The number of ketones is 1. The average Bonchev–Trinajstić information content (AvgIpc) is 2.81. The number of hydrogen-bond acceptors (Lipinski definition) is 3. The Labute approximate surface area is 89.2 Å². The maximum atomic E-state index is 11.7. The van der Waals surface area contributed by atoms with E-state index < -0.39 is 0 Å². The van der Waals surface area contributed by atoms with Gasteiger partial charge in [0, 0.05) is 32.3 Å². The van der Waals surface area contributed by atoms with Crippen LogP contribution in [0.15, 0.2) is 18.3 Å². The monoisotopic (exact) mass is 208 g/mol. The molecule has 0 saturated carbocycles. The fourth-order valence-corrected chi connectivity index (χ4v) is 1.72. The Bertz CT molecular complexity index is 302. The Morgan fingerprint density at radius 1 is 1.47 bits per heavy atom. The van der Waals surface area contributed by atoms with Crippen molar-refractivity contribution < 1.29 is 9.53 Å². The van der Waals surface area contributed by atoms with Gasteiger partial charge in [-0.05, 0) is 12.1 Å². The molecule has 0 bridgehead atoms. The largest absolute Gasteiger partial charge is 0.379 e. The summed E-state index contributed by atoms with van der Waals surface area (Å²) in [6.07, 6.45) is 2.36. The number of morpholine rings is 1. The summed E-state index contributed by atoms with van der Waals surface area (Å²) >= 11 is 0. The van der Waals surface area contributed by atoms with Crippen molar-refractivity contribution in [1.82, 2.24) is 9.88 Å². The summed E-state index contributed by atoms with van der Waals surface area (Å²) in [5.74, 6) is 0.187. The van der Waals surface area contributed by atoms with Gasteiger partial charge in [0.1, 0.15) is 0 Å². The molecule has 4 heteroatoms. The van der Waals surface area contributed by atoms with Crippen LogP contribution in [0.2, 0.25) is 0 Å². The fourth-order valence-electron chi connectivity index (χ4n) is 1.72. The Balaban J connectivity index is 1.75. The summed E-state index contributed by atoms with van der Waals surface area (Å²) < 4.78 is 5.25. The Morgan fingerprint density at radius 3 is 2.93 bits per heavy atom. The molecule has 0 amide bonds. The molecule has 1 aliphatic rings. The third-order valence-corrected chi connectivity index (χ3v) is 2.66. The first kappa shape index (κ1) is 10.4. The summed E-state index contributed by atoms with van der Waals surface area (Å²) in [5, 5.41) is 0. The summed E-state index contributed by atoms with van der Waals surface area (Å²) in [6, 6.07) is 3.67. The van der Waals surface area contributed by atoms with Crippen LogP contribution in [0.1, 0.15) is 16.9 Å². The lowest BCUT2D eigenvalue weighted by atomic mass is 10.2. The predicted molar refractivity (Wildman–Crippen MR) is 57.0 cm³/mol. The molecule has 0 spiro atoms. The van der Waals surface area contributed by atoms with Crippen molar-refractivity contribution in [2.75, 3.05) is 32.8 Å². The molecule has 1 aromatic rings. The van der Waals surface area contributed by atoms with Crippen molar-refractivity contribution in [2.45, 2.75) is 6.42 Å². The molecule has 4 nitrogen and oxygen atoms in total. The lowest BCUT2D eigenvalue weighted by Gasteiger charge is -2.26. The molecule has 1 aliphatic heterocycles. The van der Waals surface area contributed by atoms with Crippen LogP contribution in [0.3, 0.4) is 0 Å². The SMILES string of the molecule is O=C(CCN1CCOCC1)c1ccc[nH]1. The van der Waals surface area contributed by atoms with Gasteiger partial charge in [-0.15, -0.1) is 0 Å². The van der Waals surface area contributed by atoms with Gasteiger partial charge in [-0.25, -0.2) is 0 Å². The number of H-pyrrole nitrogens is 1. The van der Waals surface area contributed by atoms with Gasteiger partial charge in [0.15, 0.2) is 5.78 Å². The van der Waals surface area contributed by atoms with Crippen molar-refractivity contribution in [3.8, 4) is 0 Å². The number of aromatic nitrogens is 1. The van der Waals surface area contributed by atoms with E-state index in [2.05, 4.69) is 9.88 Å². The van der Waals surface area contributed by atoms with Gasteiger partial charge in [0.2, 0.25) is 0 Å². The van der Waals surface area contributed by atoms with Crippen LogP contribution in [-0.4, -0.2) is 48.5 Å². The van der Waals surface area contributed by atoms with Gasteiger partial charge in [0.05, 0.1) is 18.9 Å². The highest BCUT2D eigenvalue weighted by Crippen LogP contribution is 2.03. The molecule has 1 N–H and O–H groups in total. The molecule has 2 heterocycles. The molecule has 0 atom stereocenters. The normalized spacial score (nSPS) is 17.9. The lowest BCUT2D eigenvalue weighted by molar-refractivity contribution is 0.0370. The summed E-state index contributed by atoms with van der Waals surface area (Å²) in [6.45, 7) is 4.30. The minimum absolute atomic E-state index is 0.187. The van der Waals surface area contributed by atoms with Crippen LogP contribution < -0.4 is 0 Å². The first-order valence-electron chi connectivity index (χ1n) is 5.33. The van der Waals surface area contributed by atoms with Crippen molar-refractivity contribution in [3.05, 3.63) is 24.0 Å². The van der Waals surface area contributed by atoms with Crippen molar-refractivity contribution in [1.29, 1.82) is 0 Å². The van der Waals surface area contributed by atoms with Gasteiger partial charge in [-0.3, -0.25) is 9.69 Å². The van der Waals surface area contributed by atoms with E-state index in [4.69, 9.17) is 4.74 Å². The number of ether oxygens (including phenoxy) is 1. The van der Waals surface area contributed by atoms with Crippen molar-refractivity contribution >= 4 is 5.78 Å². The first-order chi connectivity index (χ1) is 7.36. The number of carbonyl (C=O) groups excluding carboxylic acids is 1. The minimum Gasteiger partial charge on any atom is -0.379 e. The summed E-state index contributed by atoms with van der Waals surface area (Å²) in [5.41, 5.74) is 0.711. The Hall–Kier alpha value is -1.13. The van der Waals surface area contributed by atoms with E-state index in [1.54, 1.807) is 6.20 Å². The number of rotatable bonds is 4. The van der Waals surface area contributed by atoms with Crippen LogP contribution in [0.5, 0.6) is 0 Å². The van der Waals surface area contributed by atoms with Gasteiger partial charge in [0.25, 0.3) is 0 Å². The molecule has 1 aromatic heterocycles. The van der Waals surface area contributed by atoms with Crippen LogP contribution in [-0.2, 0) is 4.74 Å². The van der Waals surface area contributed by atoms with Crippen LogP contribution in [0.4, 0.5) is 0 Å². The van der Waals surface area contributed by atoms with Gasteiger partial charge in [-0.1, -0.05) is 0 Å². The quantitative estimate of drug-likeness (QED) is 0.748. The molecule has 0 unspecified atom stereocenters. The topological polar surface area (TPSA) is 45.3 Å². The molecule has 1 fully saturated rings. The fraction of sp³-hybridized carbons (Fsp3) is 0.545. The average molecular weight is 208 g/mol. The molecular formula is C11H16N2O2. The second-order valence-electron chi connectivity index (χ2n) is 3.71. The van der Waals surface area contributed by atoms with E-state index in [0.29, 0.717) is 12.1 Å². The lowest BCUT2D eigenvalue weighted by Crippen LogP contribution is -2.37. The van der Waals surface area contributed by atoms with Crippen LogP contribution in [0, 0.1) is 0 Å². The number of nitrogens with zero attached hydrogens (tertiary/aromatic N) is 1. The maximum Gasteiger partial charge on any atom is 0.180 e. The van der Waals surface area contributed by atoms with Gasteiger partial charge >= 0.3 is 0 Å². The summed E-state index contributed by atoms with van der Waals surface area (Å²) in [7, 11) is 0. The smallest absolute Gasteiger partial charge is 0.180 e. The summed E-state index contributed by atoms with van der Waals surface area (Å²) in [4.78, 5) is 16.9. The minimum atomic E-state index is 0.187. The zero-order valence-corrected chi connectivity index (χ0v) is 8.74. The molecule has 0 aromatic carbocycles. The number of Topliss-reactive ketones (excluding diaryl/α,β-unsaturated/α-hetero) is 1. The number of aromatic amines is 1. The van der Waals surface area contributed by atoms with Crippen LogP contribution in [0.25, 0.3) is 0 Å². The van der Waals surface area contributed by atoms with E-state index in [1.165, 1.54) is 0 Å². The van der Waals surface area contributed by atoms with Gasteiger partial charge in [-0.2, -0.15) is 0 Å². The highest BCUT2D eigenvalue weighted by Gasteiger charge is 2.12. The number of nitrogens with one attached hydrogen (secondary N) is 1.